The minimum absolute atomic E-state index is 0.116. The van der Waals surface area contributed by atoms with Crippen molar-refractivity contribution in [2.24, 2.45) is 0 Å². The highest BCUT2D eigenvalue weighted by Crippen LogP contribution is 2.30. The highest BCUT2D eigenvalue weighted by atomic mass is 32.2. The van der Waals surface area contributed by atoms with Gasteiger partial charge in [-0.15, -0.1) is 11.3 Å². The van der Waals surface area contributed by atoms with Crippen molar-refractivity contribution in [3.63, 3.8) is 0 Å². The molecule has 0 amide bonds. The lowest BCUT2D eigenvalue weighted by atomic mass is 10.1. The molecule has 4 nitrogen and oxygen atoms in total. The van der Waals surface area contributed by atoms with Crippen molar-refractivity contribution < 1.29 is 4.74 Å². The van der Waals surface area contributed by atoms with Gasteiger partial charge in [0, 0.05) is 17.2 Å². The van der Waals surface area contributed by atoms with Crippen molar-refractivity contribution in [2.45, 2.75) is 64.3 Å². The molecule has 3 heterocycles. The lowest BCUT2D eigenvalue weighted by Crippen LogP contribution is -2.29. The van der Waals surface area contributed by atoms with Crippen molar-refractivity contribution in [3.05, 3.63) is 20.8 Å². The molecule has 2 aromatic rings. The van der Waals surface area contributed by atoms with E-state index in [0.717, 1.165) is 59.0 Å². The molecule has 1 atom stereocenters. The fourth-order valence-electron chi connectivity index (χ4n) is 3.11. The predicted octanol–water partition coefficient (Wildman–Crippen LogP) is 4.01. The summed E-state index contributed by atoms with van der Waals surface area (Å²) in [6.45, 7) is 7.79. The molecule has 1 aliphatic heterocycles. The molecule has 0 aliphatic carbocycles. The second kappa shape index (κ2) is 7.36. The van der Waals surface area contributed by atoms with Gasteiger partial charge in [-0.25, -0.2) is 4.98 Å². The van der Waals surface area contributed by atoms with Gasteiger partial charge in [-0.2, -0.15) is 0 Å². The van der Waals surface area contributed by atoms with E-state index in [9.17, 15) is 4.79 Å². The van der Waals surface area contributed by atoms with Crippen LogP contribution in [0.1, 0.15) is 43.6 Å². The van der Waals surface area contributed by atoms with Crippen LogP contribution in [0, 0.1) is 6.92 Å². The molecule has 0 saturated carbocycles. The average molecular weight is 353 g/mol. The van der Waals surface area contributed by atoms with Crippen molar-refractivity contribution in [3.8, 4) is 0 Å². The first-order valence-electron chi connectivity index (χ1n) is 8.42. The molecule has 3 rings (SSSR count). The van der Waals surface area contributed by atoms with E-state index in [4.69, 9.17) is 9.72 Å². The summed E-state index contributed by atoms with van der Waals surface area (Å²) in [5, 5.41) is 1.68. The predicted molar refractivity (Wildman–Crippen MR) is 98.0 cm³/mol. The summed E-state index contributed by atoms with van der Waals surface area (Å²) in [6.07, 6.45) is 4.22. The third-order valence-electron chi connectivity index (χ3n) is 4.28. The quantitative estimate of drug-likeness (QED) is 0.582. The van der Waals surface area contributed by atoms with E-state index in [2.05, 4.69) is 20.8 Å². The van der Waals surface area contributed by atoms with Crippen molar-refractivity contribution in [2.75, 3.05) is 12.4 Å². The van der Waals surface area contributed by atoms with Gasteiger partial charge in [0.25, 0.3) is 5.56 Å². The van der Waals surface area contributed by atoms with Gasteiger partial charge >= 0.3 is 0 Å². The minimum atomic E-state index is 0.116. The Balaban J connectivity index is 2.11. The van der Waals surface area contributed by atoms with E-state index in [1.54, 1.807) is 23.1 Å². The number of aromatic nitrogens is 2. The lowest BCUT2D eigenvalue weighted by molar-refractivity contribution is 0.0937. The molecule has 2 aromatic heterocycles. The zero-order valence-corrected chi connectivity index (χ0v) is 15.7. The van der Waals surface area contributed by atoms with E-state index in [-0.39, 0.29) is 11.7 Å². The molecule has 1 saturated heterocycles. The number of thiophene rings is 1. The molecule has 0 spiro atoms. The number of ether oxygens (including phenoxy) is 1. The second-order valence-corrected chi connectivity index (χ2v) is 8.23. The average Bonchev–Trinajstić information content (AvgIpc) is 3.15. The second-order valence-electron chi connectivity index (χ2n) is 5.96. The number of nitrogens with zero attached hydrogens (tertiary/aromatic N) is 2. The zero-order chi connectivity index (χ0) is 16.4. The van der Waals surface area contributed by atoms with Crippen LogP contribution in [0.25, 0.3) is 10.2 Å². The van der Waals surface area contributed by atoms with Gasteiger partial charge in [-0.1, -0.05) is 25.6 Å². The van der Waals surface area contributed by atoms with Crippen LogP contribution in [0.5, 0.6) is 0 Å². The van der Waals surface area contributed by atoms with Gasteiger partial charge in [-0.3, -0.25) is 9.36 Å². The Labute approximate surface area is 145 Å². The third kappa shape index (κ3) is 3.35. The number of thioether (sulfide) groups is 1. The first-order valence-corrected chi connectivity index (χ1v) is 10.2. The van der Waals surface area contributed by atoms with Gasteiger partial charge in [0.2, 0.25) is 0 Å². The summed E-state index contributed by atoms with van der Waals surface area (Å²) in [4.78, 5) is 20.1. The van der Waals surface area contributed by atoms with Crippen LogP contribution in [0.15, 0.2) is 9.95 Å². The van der Waals surface area contributed by atoms with Crippen LogP contribution in [-0.2, 0) is 17.7 Å². The molecule has 0 bridgehead atoms. The molecule has 23 heavy (non-hydrogen) atoms. The summed E-state index contributed by atoms with van der Waals surface area (Å²) in [6, 6.07) is 0. The van der Waals surface area contributed by atoms with Crippen LogP contribution < -0.4 is 5.56 Å². The van der Waals surface area contributed by atoms with E-state index in [1.807, 2.05) is 4.57 Å². The smallest absolute Gasteiger partial charge is 0.263 e. The van der Waals surface area contributed by atoms with E-state index in [1.165, 1.54) is 4.88 Å². The molecule has 0 radical (unpaired) electrons. The Morgan fingerprint density at radius 2 is 2.26 bits per heavy atom. The van der Waals surface area contributed by atoms with Gasteiger partial charge in [0.15, 0.2) is 5.16 Å². The van der Waals surface area contributed by atoms with Gasteiger partial charge in [0.1, 0.15) is 4.83 Å². The maximum Gasteiger partial charge on any atom is 0.263 e. The van der Waals surface area contributed by atoms with E-state index in [0.29, 0.717) is 6.54 Å². The summed E-state index contributed by atoms with van der Waals surface area (Å²) in [5.74, 6) is 0.981. The first-order chi connectivity index (χ1) is 11.2. The van der Waals surface area contributed by atoms with Gasteiger partial charge in [-0.05, 0) is 38.2 Å². The lowest BCUT2D eigenvalue weighted by Gasteiger charge is -2.15. The summed E-state index contributed by atoms with van der Waals surface area (Å²) in [5.41, 5.74) is 1.28. The third-order valence-corrected chi connectivity index (χ3v) is 6.50. The molecule has 1 unspecified atom stereocenters. The molecule has 1 aliphatic rings. The van der Waals surface area contributed by atoms with Crippen LogP contribution in [0.4, 0.5) is 0 Å². The van der Waals surface area contributed by atoms with Crippen LogP contribution in [0.3, 0.4) is 0 Å². The molecule has 0 N–H and O–H groups in total. The molecule has 0 aromatic carbocycles. The van der Waals surface area contributed by atoms with Crippen LogP contribution in [-0.4, -0.2) is 28.0 Å². The SMILES string of the molecule is CCCSc1nc2sc(C)c(CC)c2c(=O)n1CC1CCCO1. The molecule has 126 valence electrons. The highest BCUT2D eigenvalue weighted by molar-refractivity contribution is 7.99. The monoisotopic (exact) mass is 352 g/mol. The van der Waals surface area contributed by atoms with Gasteiger partial charge < -0.3 is 4.74 Å². The fraction of sp³-hybridized carbons (Fsp3) is 0.647. The maximum absolute atomic E-state index is 13.2. The zero-order valence-electron chi connectivity index (χ0n) is 14.1. The normalized spacial score (nSPS) is 18.1. The standard InChI is InChI=1S/C17H24N2O2S2/c1-4-9-22-17-18-15-14(13(5-2)11(3)23-15)16(20)19(17)10-12-7-6-8-21-12/h12H,4-10H2,1-3H3. The fourth-order valence-corrected chi connectivity index (χ4v) is 5.13. The number of fused-ring (bicyclic) bond motifs is 1. The Hall–Kier alpha value is -0.850. The van der Waals surface area contributed by atoms with E-state index >= 15 is 0 Å². The van der Waals surface area contributed by atoms with Crippen molar-refractivity contribution in [1.29, 1.82) is 0 Å². The number of hydrogen-bond acceptors (Lipinski definition) is 5. The maximum atomic E-state index is 13.2. The number of rotatable bonds is 6. The Morgan fingerprint density at radius 1 is 1.43 bits per heavy atom. The molecule has 6 heteroatoms. The minimum Gasteiger partial charge on any atom is -0.376 e. The van der Waals surface area contributed by atoms with Crippen molar-refractivity contribution >= 4 is 33.3 Å². The number of aryl methyl sites for hydroxylation is 2. The number of hydrogen-bond donors (Lipinski definition) is 0. The van der Waals surface area contributed by atoms with Crippen molar-refractivity contribution in [1.82, 2.24) is 9.55 Å². The summed E-state index contributed by atoms with van der Waals surface area (Å²) >= 11 is 3.33. The van der Waals surface area contributed by atoms with E-state index < -0.39 is 0 Å². The van der Waals surface area contributed by atoms with Crippen LogP contribution in [0.2, 0.25) is 0 Å². The van der Waals surface area contributed by atoms with Gasteiger partial charge in [0.05, 0.1) is 18.0 Å². The molecular formula is C17H24N2O2S2. The summed E-state index contributed by atoms with van der Waals surface area (Å²) in [7, 11) is 0. The molecule has 1 fully saturated rings. The first kappa shape index (κ1) is 17.0. The Morgan fingerprint density at radius 3 is 2.91 bits per heavy atom. The Bertz CT molecular complexity index is 745. The highest BCUT2D eigenvalue weighted by Gasteiger charge is 2.22. The topological polar surface area (TPSA) is 44.1 Å². The molecular weight excluding hydrogens is 328 g/mol. The Kier molecular flexibility index (Phi) is 5.44. The summed E-state index contributed by atoms with van der Waals surface area (Å²) < 4.78 is 7.62. The van der Waals surface area contributed by atoms with Crippen LogP contribution >= 0.6 is 23.1 Å². The largest absolute Gasteiger partial charge is 0.376 e.